The number of ketones is 1. The molecule has 3 aromatic carbocycles. The van der Waals surface area contributed by atoms with Crippen LogP contribution < -0.4 is 14.2 Å². The predicted molar refractivity (Wildman–Crippen MR) is 162 cm³/mol. The van der Waals surface area contributed by atoms with Crippen molar-refractivity contribution >= 4 is 17.4 Å². The van der Waals surface area contributed by atoms with Gasteiger partial charge < -0.3 is 29.0 Å². The summed E-state index contributed by atoms with van der Waals surface area (Å²) in [4.78, 5) is 30.9. The van der Waals surface area contributed by atoms with E-state index in [-0.39, 0.29) is 11.3 Å². The van der Waals surface area contributed by atoms with Crippen molar-refractivity contribution in [2.45, 2.75) is 26.0 Å². The second-order valence-corrected chi connectivity index (χ2v) is 10.7. The van der Waals surface area contributed by atoms with E-state index in [0.717, 1.165) is 30.8 Å². The highest BCUT2D eigenvalue weighted by molar-refractivity contribution is 6.46. The summed E-state index contributed by atoms with van der Waals surface area (Å²) in [5.41, 5.74) is 2.95. The quantitative estimate of drug-likeness (QED) is 0.196. The average Bonchev–Trinajstić information content (AvgIpc) is 3.29. The number of morpholine rings is 1. The Morgan fingerprint density at radius 3 is 2.33 bits per heavy atom. The monoisotopic (exact) mass is 586 g/mol. The first-order valence-electron chi connectivity index (χ1n) is 14.5. The van der Waals surface area contributed by atoms with Crippen molar-refractivity contribution < 1.29 is 33.6 Å². The molecule has 1 unspecified atom stereocenters. The van der Waals surface area contributed by atoms with Crippen molar-refractivity contribution in [2.24, 2.45) is 0 Å². The van der Waals surface area contributed by atoms with Gasteiger partial charge in [-0.05, 0) is 60.4 Å². The fourth-order valence-corrected chi connectivity index (χ4v) is 5.62. The van der Waals surface area contributed by atoms with Crippen molar-refractivity contribution in [3.8, 4) is 17.2 Å². The second kappa shape index (κ2) is 13.8. The maximum atomic E-state index is 13.6. The van der Waals surface area contributed by atoms with Crippen LogP contribution in [0.5, 0.6) is 17.2 Å². The summed E-state index contributed by atoms with van der Waals surface area (Å²) in [6.45, 7) is 6.45. The molecular weight excluding hydrogens is 548 g/mol. The molecule has 2 saturated heterocycles. The number of hydrogen-bond donors (Lipinski definition) is 1. The standard InChI is InChI=1S/C34H38N2O7/c1-23-20-26(11-12-27(23)43-22-24-8-5-4-6-9-24)32(37)30-31(25-10-13-28(40-2)29(21-25)41-3)36(34(39)33(30)38)15-7-14-35-16-18-42-19-17-35/h4-6,8-13,20-21,31,37H,7,14-19,22H2,1-3H3/b32-30-. The molecule has 0 aromatic heterocycles. The van der Waals surface area contributed by atoms with E-state index in [9.17, 15) is 14.7 Å². The molecular formula is C34H38N2O7. The summed E-state index contributed by atoms with van der Waals surface area (Å²) in [5.74, 6) is 0.0763. The highest BCUT2D eigenvalue weighted by Gasteiger charge is 2.46. The van der Waals surface area contributed by atoms with E-state index < -0.39 is 17.7 Å². The van der Waals surface area contributed by atoms with Gasteiger partial charge in [0.2, 0.25) is 0 Å². The number of amides is 1. The molecule has 0 bridgehead atoms. The number of methoxy groups -OCH3 is 2. The fourth-order valence-electron chi connectivity index (χ4n) is 5.62. The number of aliphatic hydroxyl groups excluding tert-OH is 1. The van der Waals surface area contributed by atoms with E-state index in [2.05, 4.69) is 4.90 Å². The van der Waals surface area contributed by atoms with Crippen LogP contribution in [0.4, 0.5) is 0 Å². The summed E-state index contributed by atoms with van der Waals surface area (Å²) >= 11 is 0. The molecule has 3 aromatic rings. The molecule has 1 atom stereocenters. The molecule has 0 saturated carbocycles. The van der Waals surface area contributed by atoms with Gasteiger partial charge in [0.25, 0.3) is 11.7 Å². The van der Waals surface area contributed by atoms with E-state index in [0.29, 0.717) is 61.2 Å². The molecule has 226 valence electrons. The number of likely N-dealkylation sites (tertiary alicyclic amines) is 1. The Morgan fingerprint density at radius 1 is 0.907 bits per heavy atom. The lowest BCUT2D eigenvalue weighted by molar-refractivity contribution is -0.140. The molecule has 1 N–H and O–H groups in total. The van der Waals surface area contributed by atoms with Gasteiger partial charge in [-0.15, -0.1) is 0 Å². The largest absolute Gasteiger partial charge is 0.507 e. The van der Waals surface area contributed by atoms with Crippen LogP contribution >= 0.6 is 0 Å². The van der Waals surface area contributed by atoms with E-state index >= 15 is 0 Å². The first-order chi connectivity index (χ1) is 20.9. The maximum Gasteiger partial charge on any atom is 0.295 e. The Balaban J connectivity index is 1.46. The molecule has 5 rings (SSSR count). The number of Topliss-reactive ketones (excluding diaryl/α,β-unsaturated/α-hetero) is 1. The first kappa shape index (κ1) is 30.1. The van der Waals surface area contributed by atoms with Gasteiger partial charge >= 0.3 is 0 Å². The van der Waals surface area contributed by atoms with Crippen LogP contribution in [-0.2, 0) is 20.9 Å². The SMILES string of the molecule is COc1ccc(C2/C(=C(/O)c3ccc(OCc4ccccc4)c(C)c3)C(=O)C(=O)N2CCCN2CCOCC2)cc1OC. The number of rotatable bonds is 11. The summed E-state index contributed by atoms with van der Waals surface area (Å²) < 4.78 is 22.4. The van der Waals surface area contributed by atoms with Gasteiger partial charge in [0, 0.05) is 31.7 Å². The minimum Gasteiger partial charge on any atom is -0.507 e. The Labute approximate surface area is 252 Å². The lowest BCUT2D eigenvalue weighted by Gasteiger charge is -2.29. The van der Waals surface area contributed by atoms with Crippen LogP contribution in [0.1, 0.15) is 34.7 Å². The van der Waals surface area contributed by atoms with Crippen molar-refractivity contribution in [2.75, 3.05) is 53.6 Å². The summed E-state index contributed by atoms with van der Waals surface area (Å²) in [5, 5.41) is 11.6. The fraction of sp³-hybridized carbons (Fsp3) is 0.353. The summed E-state index contributed by atoms with van der Waals surface area (Å²) in [6.07, 6.45) is 0.670. The van der Waals surface area contributed by atoms with Crippen LogP contribution in [0, 0.1) is 6.92 Å². The minimum atomic E-state index is -0.793. The molecule has 43 heavy (non-hydrogen) atoms. The van der Waals surface area contributed by atoms with Gasteiger partial charge in [-0.25, -0.2) is 0 Å². The number of carbonyl (C=O) groups is 2. The normalized spacial score (nSPS) is 18.6. The molecule has 0 radical (unpaired) electrons. The summed E-state index contributed by atoms with van der Waals surface area (Å²) in [6, 6.07) is 19.6. The Hall–Kier alpha value is -4.34. The van der Waals surface area contributed by atoms with Crippen molar-refractivity contribution in [3.05, 3.63) is 94.6 Å². The predicted octanol–water partition coefficient (Wildman–Crippen LogP) is 4.74. The topological polar surface area (TPSA) is 97.8 Å². The van der Waals surface area contributed by atoms with Crippen LogP contribution in [0.3, 0.4) is 0 Å². The zero-order chi connectivity index (χ0) is 30.3. The second-order valence-electron chi connectivity index (χ2n) is 10.7. The molecule has 0 spiro atoms. The third-order valence-corrected chi connectivity index (χ3v) is 7.93. The van der Waals surface area contributed by atoms with E-state index in [1.54, 1.807) is 48.4 Å². The number of benzene rings is 3. The number of hydrogen-bond acceptors (Lipinski definition) is 8. The highest BCUT2D eigenvalue weighted by Crippen LogP contribution is 2.42. The van der Waals surface area contributed by atoms with Crippen molar-refractivity contribution in [1.29, 1.82) is 0 Å². The van der Waals surface area contributed by atoms with Gasteiger partial charge in [-0.3, -0.25) is 14.5 Å². The van der Waals surface area contributed by atoms with Crippen LogP contribution in [-0.4, -0.2) is 80.2 Å². The average molecular weight is 587 g/mol. The number of ether oxygens (including phenoxy) is 4. The van der Waals surface area contributed by atoms with Gasteiger partial charge in [0.15, 0.2) is 11.5 Å². The molecule has 9 nitrogen and oxygen atoms in total. The van der Waals surface area contributed by atoms with Gasteiger partial charge in [0.1, 0.15) is 18.1 Å². The lowest BCUT2D eigenvalue weighted by Crippen LogP contribution is -2.38. The number of nitrogens with zero attached hydrogens (tertiary/aromatic N) is 2. The van der Waals surface area contributed by atoms with Gasteiger partial charge in [-0.1, -0.05) is 36.4 Å². The molecule has 2 aliphatic rings. The molecule has 2 aliphatic heterocycles. The zero-order valence-electron chi connectivity index (χ0n) is 24.9. The van der Waals surface area contributed by atoms with E-state index in [1.165, 1.54) is 7.11 Å². The molecule has 1 amide bonds. The minimum absolute atomic E-state index is 0.0425. The Morgan fingerprint density at radius 2 is 1.63 bits per heavy atom. The number of carbonyl (C=O) groups excluding carboxylic acids is 2. The van der Waals surface area contributed by atoms with E-state index in [4.69, 9.17) is 18.9 Å². The van der Waals surface area contributed by atoms with Gasteiger partial charge in [-0.2, -0.15) is 0 Å². The first-order valence-corrected chi connectivity index (χ1v) is 14.5. The number of aliphatic hydroxyl groups is 1. The zero-order valence-corrected chi connectivity index (χ0v) is 24.9. The highest BCUT2D eigenvalue weighted by atomic mass is 16.5. The third kappa shape index (κ3) is 6.68. The van der Waals surface area contributed by atoms with Crippen LogP contribution in [0.2, 0.25) is 0 Å². The third-order valence-electron chi connectivity index (χ3n) is 7.93. The lowest BCUT2D eigenvalue weighted by atomic mass is 9.94. The van der Waals surface area contributed by atoms with Crippen LogP contribution in [0.25, 0.3) is 5.76 Å². The van der Waals surface area contributed by atoms with Crippen molar-refractivity contribution in [1.82, 2.24) is 9.80 Å². The maximum absolute atomic E-state index is 13.6. The molecule has 2 fully saturated rings. The molecule has 0 aliphatic carbocycles. The van der Waals surface area contributed by atoms with Gasteiger partial charge in [0.05, 0.1) is 39.0 Å². The Kier molecular flexibility index (Phi) is 9.64. The van der Waals surface area contributed by atoms with Crippen molar-refractivity contribution in [3.63, 3.8) is 0 Å². The molecule has 9 heteroatoms. The summed E-state index contributed by atoms with van der Waals surface area (Å²) in [7, 11) is 3.08. The Bertz CT molecular complexity index is 1480. The smallest absolute Gasteiger partial charge is 0.295 e. The van der Waals surface area contributed by atoms with E-state index in [1.807, 2.05) is 37.3 Å². The molecule has 2 heterocycles. The van der Waals surface area contributed by atoms with Crippen LogP contribution in [0.15, 0.2) is 72.3 Å². The number of aryl methyl sites for hydroxylation is 1.